The minimum Gasteiger partial charge on any atom is -0.496 e. The van der Waals surface area contributed by atoms with Gasteiger partial charge < -0.3 is 14.8 Å². The predicted molar refractivity (Wildman–Crippen MR) is 164 cm³/mol. The van der Waals surface area contributed by atoms with E-state index in [0.29, 0.717) is 10.3 Å². The fourth-order valence-corrected chi connectivity index (χ4v) is 7.36. The minimum atomic E-state index is -4.32. The molecule has 1 heterocycles. The van der Waals surface area contributed by atoms with Gasteiger partial charge in [-0.25, -0.2) is 17.2 Å². The highest BCUT2D eigenvalue weighted by atomic mass is 32.2. The van der Waals surface area contributed by atoms with Gasteiger partial charge >= 0.3 is 5.97 Å². The molecule has 1 N–H and O–H groups in total. The SMILES string of the molecule is COC(=O)c1cc(C(=O)c2c(Sc3ccccc3)c3ccccc3n2S(=O)(=O)c2ccccc2)c(NC(C)=O)cc1OC. The number of hydrogen-bond donors (Lipinski definition) is 1. The van der Waals surface area contributed by atoms with Crippen LogP contribution >= 0.6 is 11.8 Å². The monoisotopic (exact) mass is 614 g/mol. The third kappa shape index (κ3) is 5.64. The summed E-state index contributed by atoms with van der Waals surface area (Å²) < 4.78 is 39.9. The van der Waals surface area contributed by atoms with Crippen molar-refractivity contribution in [3.05, 3.63) is 114 Å². The number of hydrogen-bond acceptors (Lipinski definition) is 8. The number of carbonyl (C=O) groups excluding carboxylic acids is 3. The maximum atomic E-state index is 14.7. The summed E-state index contributed by atoms with van der Waals surface area (Å²) in [5.74, 6) is -1.95. The number of fused-ring (bicyclic) bond motifs is 1. The second-order valence-electron chi connectivity index (χ2n) is 9.29. The molecule has 5 rings (SSSR count). The third-order valence-electron chi connectivity index (χ3n) is 6.55. The molecule has 43 heavy (non-hydrogen) atoms. The molecule has 0 aliphatic rings. The quantitative estimate of drug-likeness (QED) is 0.158. The predicted octanol–water partition coefficient (Wildman–Crippen LogP) is 6.01. The largest absolute Gasteiger partial charge is 0.496 e. The Morgan fingerprint density at radius 2 is 1.44 bits per heavy atom. The molecule has 0 fully saturated rings. The number of rotatable bonds is 9. The number of carbonyl (C=O) groups is 3. The lowest BCUT2D eigenvalue weighted by Crippen LogP contribution is -2.21. The molecule has 1 aromatic heterocycles. The summed E-state index contributed by atoms with van der Waals surface area (Å²) in [6.07, 6.45) is 0. The fourth-order valence-electron chi connectivity index (χ4n) is 4.66. The Kier molecular flexibility index (Phi) is 8.38. The molecule has 0 spiro atoms. The topological polar surface area (TPSA) is 121 Å². The van der Waals surface area contributed by atoms with Crippen LogP contribution in [0, 0.1) is 0 Å². The number of nitrogens with zero attached hydrogens (tertiary/aromatic N) is 1. The summed E-state index contributed by atoms with van der Waals surface area (Å²) >= 11 is 1.23. The van der Waals surface area contributed by atoms with Crippen molar-refractivity contribution in [1.29, 1.82) is 0 Å². The zero-order valence-electron chi connectivity index (χ0n) is 23.4. The van der Waals surface area contributed by atoms with Gasteiger partial charge in [-0.2, -0.15) is 0 Å². The zero-order valence-corrected chi connectivity index (χ0v) is 25.0. The van der Waals surface area contributed by atoms with Gasteiger partial charge in [0.25, 0.3) is 10.0 Å². The number of benzene rings is 4. The molecule has 5 aromatic rings. The fraction of sp³-hybridized carbons (Fsp3) is 0.0938. The maximum absolute atomic E-state index is 14.7. The second-order valence-corrected chi connectivity index (χ2v) is 12.2. The number of ketones is 1. The summed E-state index contributed by atoms with van der Waals surface area (Å²) in [6.45, 7) is 1.27. The van der Waals surface area contributed by atoms with Crippen LogP contribution in [0.3, 0.4) is 0 Å². The van der Waals surface area contributed by atoms with Gasteiger partial charge in [-0.05, 0) is 36.4 Å². The van der Waals surface area contributed by atoms with Gasteiger partial charge in [-0.1, -0.05) is 66.4 Å². The van der Waals surface area contributed by atoms with Crippen LogP contribution in [0.15, 0.2) is 112 Å². The smallest absolute Gasteiger partial charge is 0.341 e. The highest BCUT2D eigenvalue weighted by molar-refractivity contribution is 7.99. The number of esters is 1. The molecule has 0 saturated carbocycles. The molecule has 0 radical (unpaired) electrons. The molecular formula is C32H26N2O7S2. The van der Waals surface area contributed by atoms with E-state index < -0.39 is 27.7 Å². The van der Waals surface area contributed by atoms with Gasteiger partial charge in [-0.15, -0.1) is 0 Å². The highest BCUT2D eigenvalue weighted by Gasteiger charge is 2.33. The van der Waals surface area contributed by atoms with E-state index >= 15 is 0 Å². The number of methoxy groups -OCH3 is 2. The van der Waals surface area contributed by atoms with Gasteiger partial charge in [0, 0.05) is 28.8 Å². The maximum Gasteiger partial charge on any atom is 0.341 e. The van der Waals surface area contributed by atoms with Crippen molar-refractivity contribution in [2.75, 3.05) is 19.5 Å². The van der Waals surface area contributed by atoms with Crippen LogP contribution in [0.5, 0.6) is 5.75 Å². The van der Waals surface area contributed by atoms with Crippen molar-refractivity contribution in [3.63, 3.8) is 0 Å². The van der Waals surface area contributed by atoms with Crippen molar-refractivity contribution in [2.24, 2.45) is 0 Å². The van der Waals surface area contributed by atoms with E-state index in [1.54, 1.807) is 42.5 Å². The van der Waals surface area contributed by atoms with Crippen molar-refractivity contribution >= 4 is 56.0 Å². The van der Waals surface area contributed by atoms with Crippen molar-refractivity contribution in [2.45, 2.75) is 21.6 Å². The van der Waals surface area contributed by atoms with Crippen LogP contribution in [0.25, 0.3) is 10.9 Å². The first-order valence-corrected chi connectivity index (χ1v) is 15.2. The number of aromatic nitrogens is 1. The molecule has 11 heteroatoms. The minimum absolute atomic E-state index is 0.0203. The van der Waals surface area contributed by atoms with Crippen LogP contribution in [0.2, 0.25) is 0 Å². The lowest BCUT2D eigenvalue weighted by molar-refractivity contribution is -0.114. The van der Waals surface area contributed by atoms with Crippen molar-refractivity contribution in [3.8, 4) is 5.75 Å². The van der Waals surface area contributed by atoms with Gasteiger partial charge in [-0.3, -0.25) is 9.59 Å². The van der Waals surface area contributed by atoms with E-state index in [1.807, 2.05) is 30.3 Å². The molecule has 4 aromatic carbocycles. The molecule has 0 aliphatic heterocycles. The van der Waals surface area contributed by atoms with Crippen LogP contribution < -0.4 is 10.1 Å². The molecule has 1 amide bonds. The number of amides is 1. The van der Waals surface area contributed by atoms with Gasteiger partial charge in [0.15, 0.2) is 0 Å². The van der Waals surface area contributed by atoms with E-state index in [9.17, 15) is 22.8 Å². The average Bonchev–Trinajstić information content (AvgIpc) is 3.35. The first-order valence-electron chi connectivity index (χ1n) is 13.0. The van der Waals surface area contributed by atoms with Crippen molar-refractivity contribution < 1.29 is 32.3 Å². The Labute approximate surface area is 252 Å². The molecule has 9 nitrogen and oxygen atoms in total. The van der Waals surface area contributed by atoms with Crippen LogP contribution in [0.1, 0.15) is 33.3 Å². The Balaban J connectivity index is 1.88. The Morgan fingerprint density at radius 1 is 0.814 bits per heavy atom. The Morgan fingerprint density at radius 3 is 2.07 bits per heavy atom. The number of para-hydroxylation sites is 1. The number of nitrogens with one attached hydrogen (secondary N) is 1. The van der Waals surface area contributed by atoms with Crippen LogP contribution in [-0.4, -0.2) is 44.3 Å². The van der Waals surface area contributed by atoms with E-state index in [1.165, 1.54) is 57.2 Å². The lowest BCUT2D eigenvalue weighted by Gasteiger charge is -2.17. The zero-order chi connectivity index (χ0) is 30.7. The molecule has 0 bridgehead atoms. The average molecular weight is 615 g/mol. The first kappa shape index (κ1) is 29.6. The molecular weight excluding hydrogens is 588 g/mol. The van der Waals surface area contributed by atoms with Crippen LogP contribution in [0.4, 0.5) is 5.69 Å². The summed E-state index contributed by atoms with van der Waals surface area (Å²) in [6, 6.07) is 26.4. The van der Waals surface area contributed by atoms with Gasteiger partial charge in [0.1, 0.15) is 17.0 Å². The number of ether oxygens (including phenoxy) is 2. The van der Waals surface area contributed by atoms with E-state index in [2.05, 4.69) is 5.32 Å². The molecule has 0 saturated heterocycles. The number of anilines is 1. The second kappa shape index (κ2) is 12.2. The third-order valence-corrected chi connectivity index (χ3v) is 9.40. The normalized spacial score (nSPS) is 11.2. The van der Waals surface area contributed by atoms with E-state index in [4.69, 9.17) is 9.47 Å². The highest BCUT2D eigenvalue weighted by Crippen LogP contribution is 2.42. The van der Waals surface area contributed by atoms with E-state index in [-0.39, 0.29) is 38.7 Å². The van der Waals surface area contributed by atoms with Crippen LogP contribution in [-0.2, 0) is 19.6 Å². The summed E-state index contributed by atoms with van der Waals surface area (Å²) in [4.78, 5) is 40.8. The lowest BCUT2D eigenvalue weighted by atomic mass is 10.0. The molecule has 218 valence electrons. The van der Waals surface area contributed by atoms with Gasteiger partial charge in [0.2, 0.25) is 11.7 Å². The molecule has 0 aliphatic carbocycles. The van der Waals surface area contributed by atoms with Crippen molar-refractivity contribution in [1.82, 2.24) is 3.97 Å². The molecule has 0 atom stereocenters. The summed E-state index contributed by atoms with van der Waals surface area (Å²) in [5, 5.41) is 3.15. The molecule has 0 unspecified atom stereocenters. The standard InChI is InChI=1S/C32H26N2O7S2/c1-20(35)33-26-19-28(40-2)25(32(37)41-3)18-24(26)30(36)29-31(42-21-12-6-4-7-13-21)23-16-10-11-17-27(23)34(29)43(38,39)22-14-8-5-9-15-22/h4-19H,1-3H3,(H,33,35). The summed E-state index contributed by atoms with van der Waals surface area (Å²) in [5.41, 5.74) is -0.0408. The van der Waals surface area contributed by atoms with E-state index in [0.717, 1.165) is 8.87 Å². The summed E-state index contributed by atoms with van der Waals surface area (Å²) in [7, 11) is -1.80. The Hall–Kier alpha value is -4.87. The van der Waals surface area contributed by atoms with Gasteiger partial charge in [0.05, 0.1) is 35.2 Å². The Bertz CT molecular complexity index is 1970. The first-order chi connectivity index (χ1) is 20.7.